The fourth-order valence-corrected chi connectivity index (χ4v) is 3.48. The van der Waals surface area contributed by atoms with Crippen LogP contribution < -0.4 is 5.43 Å². The van der Waals surface area contributed by atoms with Crippen molar-refractivity contribution in [2.24, 2.45) is 0 Å². The Kier molecular flexibility index (Phi) is 6.01. The van der Waals surface area contributed by atoms with Gasteiger partial charge < -0.3 is 24.8 Å². The van der Waals surface area contributed by atoms with Gasteiger partial charge in [-0.25, -0.2) is 0 Å². The van der Waals surface area contributed by atoms with Gasteiger partial charge >= 0.3 is 0 Å². The van der Waals surface area contributed by atoms with Crippen molar-refractivity contribution in [3.63, 3.8) is 0 Å². The highest BCUT2D eigenvalue weighted by Crippen LogP contribution is 2.41. The van der Waals surface area contributed by atoms with Crippen LogP contribution in [-0.2, 0) is 0 Å². The van der Waals surface area contributed by atoms with Crippen LogP contribution in [0.25, 0.3) is 22.3 Å². The molecule has 1 heterocycles. The van der Waals surface area contributed by atoms with Crippen molar-refractivity contribution in [3.05, 3.63) is 46.1 Å². The largest absolute Gasteiger partial charge is 0.504 e. The number of hydrogen-bond acceptors (Lipinski definition) is 6. The number of fused-ring (bicyclic) bond motifs is 1. The molecule has 6 nitrogen and oxygen atoms in total. The first-order valence-corrected chi connectivity index (χ1v) is 9.88. The zero-order valence-electron chi connectivity index (χ0n) is 16.6. The Hall–Kier alpha value is -3.15. The summed E-state index contributed by atoms with van der Waals surface area (Å²) in [6.07, 6.45) is 5.75. The third-order valence-corrected chi connectivity index (χ3v) is 5.28. The molecule has 0 radical (unpaired) electrons. The van der Waals surface area contributed by atoms with Crippen LogP contribution in [0.1, 0.15) is 57.4 Å². The molecular formula is C23H26O6. The first-order chi connectivity index (χ1) is 13.8. The maximum atomic E-state index is 12.6. The molecule has 1 unspecified atom stereocenters. The second-order valence-corrected chi connectivity index (χ2v) is 7.48. The standard InChI is InChI=1S/C23H26O6/c1-3-4-5-6-7-13(2)14-8-9-16-19(12-14)29-23(22(28)20(16)26)15-10-17(24)21(27)18(25)11-15/h8-13,24-25,27-28H,3-7H2,1-2H3. The van der Waals surface area contributed by atoms with Gasteiger partial charge in [-0.2, -0.15) is 0 Å². The molecule has 154 valence electrons. The van der Waals surface area contributed by atoms with E-state index in [0.29, 0.717) is 11.5 Å². The summed E-state index contributed by atoms with van der Waals surface area (Å²) in [6, 6.07) is 7.54. The minimum Gasteiger partial charge on any atom is -0.504 e. The molecule has 0 aliphatic heterocycles. The van der Waals surface area contributed by atoms with Crippen molar-refractivity contribution >= 4 is 11.0 Å². The molecule has 0 aliphatic carbocycles. The van der Waals surface area contributed by atoms with Gasteiger partial charge in [0.25, 0.3) is 0 Å². The number of unbranched alkanes of at least 4 members (excludes halogenated alkanes) is 3. The van der Waals surface area contributed by atoms with Gasteiger partial charge in [0.2, 0.25) is 11.2 Å². The van der Waals surface area contributed by atoms with Crippen LogP contribution in [-0.4, -0.2) is 20.4 Å². The molecule has 2 aromatic carbocycles. The van der Waals surface area contributed by atoms with E-state index in [1.54, 1.807) is 12.1 Å². The molecule has 0 saturated heterocycles. The SMILES string of the molecule is CCCCCCC(C)c1ccc2c(=O)c(O)c(-c3cc(O)c(O)c(O)c3)oc2c1. The summed E-state index contributed by atoms with van der Waals surface area (Å²) >= 11 is 0. The summed E-state index contributed by atoms with van der Waals surface area (Å²) in [4.78, 5) is 12.6. The Balaban J connectivity index is 2.03. The van der Waals surface area contributed by atoms with Gasteiger partial charge in [-0.1, -0.05) is 45.6 Å². The summed E-state index contributed by atoms with van der Waals surface area (Å²) in [7, 11) is 0. The van der Waals surface area contributed by atoms with E-state index in [0.717, 1.165) is 30.5 Å². The lowest BCUT2D eigenvalue weighted by Gasteiger charge is -2.13. The van der Waals surface area contributed by atoms with Gasteiger partial charge in [0.15, 0.2) is 23.0 Å². The number of hydrogen-bond donors (Lipinski definition) is 4. The van der Waals surface area contributed by atoms with Crippen LogP contribution in [0.4, 0.5) is 0 Å². The van der Waals surface area contributed by atoms with E-state index in [1.807, 2.05) is 6.07 Å². The second-order valence-electron chi connectivity index (χ2n) is 7.48. The van der Waals surface area contributed by atoms with Crippen LogP contribution >= 0.6 is 0 Å². The van der Waals surface area contributed by atoms with Crippen LogP contribution in [0.5, 0.6) is 23.0 Å². The molecule has 0 aliphatic rings. The molecule has 0 amide bonds. The predicted molar refractivity (Wildman–Crippen MR) is 112 cm³/mol. The van der Waals surface area contributed by atoms with E-state index in [-0.39, 0.29) is 16.7 Å². The third-order valence-electron chi connectivity index (χ3n) is 5.28. The molecule has 1 atom stereocenters. The number of rotatable bonds is 7. The van der Waals surface area contributed by atoms with E-state index in [1.165, 1.54) is 19.3 Å². The highest BCUT2D eigenvalue weighted by molar-refractivity contribution is 5.83. The van der Waals surface area contributed by atoms with Crippen molar-refractivity contribution in [1.82, 2.24) is 0 Å². The monoisotopic (exact) mass is 398 g/mol. The van der Waals surface area contributed by atoms with E-state index >= 15 is 0 Å². The molecule has 4 N–H and O–H groups in total. The van der Waals surface area contributed by atoms with Gasteiger partial charge in [-0.3, -0.25) is 4.79 Å². The number of phenols is 3. The average Bonchev–Trinajstić information content (AvgIpc) is 2.71. The Bertz CT molecular complexity index is 1060. The molecule has 0 bridgehead atoms. The summed E-state index contributed by atoms with van der Waals surface area (Å²) in [6.45, 7) is 4.30. The fourth-order valence-electron chi connectivity index (χ4n) is 3.48. The number of benzene rings is 2. The lowest BCUT2D eigenvalue weighted by molar-refractivity contribution is 0.368. The van der Waals surface area contributed by atoms with Crippen molar-refractivity contribution in [2.45, 2.75) is 51.9 Å². The number of aromatic hydroxyl groups is 4. The van der Waals surface area contributed by atoms with Crippen LogP contribution in [0.2, 0.25) is 0 Å². The van der Waals surface area contributed by atoms with Crippen LogP contribution in [0, 0.1) is 0 Å². The summed E-state index contributed by atoms with van der Waals surface area (Å²) in [5, 5.41) is 39.6. The van der Waals surface area contributed by atoms with E-state index in [2.05, 4.69) is 13.8 Å². The van der Waals surface area contributed by atoms with Crippen molar-refractivity contribution in [2.75, 3.05) is 0 Å². The first kappa shape index (κ1) is 20.6. The molecule has 3 aromatic rings. The van der Waals surface area contributed by atoms with Crippen molar-refractivity contribution in [3.8, 4) is 34.3 Å². The van der Waals surface area contributed by atoms with E-state index < -0.39 is 28.4 Å². The highest BCUT2D eigenvalue weighted by Gasteiger charge is 2.19. The lowest BCUT2D eigenvalue weighted by Crippen LogP contribution is -2.04. The van der Waals surface area contributed by atoms with Gasteiger partial charge in [0.1, 0.15) is 5.58 Å². The smallest absolute Gasteiger partial charge is 0.235 e. The minimum absolute atomic E-state index is 0.0762. The Labute approximate surface area is 168 Å². The minimum atomic E-state index is -0.685. The predicted octanol–water partition coefficient (Wildman–Crippen LogP) is 5.36. The van der Waals surface area contributed by atoms with Gasteiger partial charge in [0.05, 0.1) is 5.39 Å². The van der Waals surface area contributed by atoms with E-state index in [9.17, 15) is 25.2 Å². The molecule has 0 spiro atoms. The maximum absolute atomic E-state index is 12.6. The molecule has 6 heteroatoms. The van der Waals surface area contributed by atoms with Crippen molar-refractivity contribution < 1.29 is 24.8 Å². The maximum Gasteiger partial charge on any atom is 0.235 e. The summed E-state index contributed by atoms with van der Waals surface area (Å²) in [5.74, 6) is -2.37. The molecule has 0 saturated carbocycles. The Morgan fingerprint density at radius 2 is 1.62 bits per heavy atom. The Morgan fingerprint density at radius 3 is 2.28 bits per heavy atom. The Morgan fingerprint density at radius 1 is 0.931 bits per heavy atom. The highest BCUT2D eigenvalue weighted by atomic mass is 16.4. The van der Waals surface area contributed by atoms with Gasteiger partial charge in [-0.05, 0) is 42.2 Å². The topological polar surface area (TPSA) is 111 Å². The average molecular weight is 398 g/mol. The molecule has 0 fully saturated rings. The first-order valence-electron chi connectivity index (χ1n) is 9.88. The molecule has 29 heavy (non-hydrogen) atoms. The number of phenolic OH excluding ortho intramolecular Hbond substituents is 3. The zero-order valence-corrected chi connectivity index (χ0v) is 16.6. The molecular weight excluding hydrogens is 372 g/mol. The van der Waals surface area contributed by atoms with Crippen molar-refractivity contribution in [1.29, 1.82) is 0 Å². The lowest BCUT2D eigenvalue weighted by atomic mass is 9.94. The summed E-state index contributed by atoms with van der Waals surface area (Å²) in [5.41, 5.74) is 0.820. The van der Waals surface area contributed by atoms with Gasteiger partial charge in [0, 0.05) is 5.56 Å². The van der Waals surface area contributed by atoms with Crippen LogP contribution in [0.15, 0.2) is 39.5 Å². The van der Waals surface area contributed by atoms with Crippen LogP contribution in [0.3, 0.4) is 0 Å². The fraction of sp³-hybridized carbons (Fsp3) is 0.348. The second kappa shape index (κ2) is 8.47. The summed E-state index contributed by atoms with van der Waals surface area (Å²) < 4.78 is 5.79. The molecule has 1 aromatic heterocycles. The van der Waals surface area contributed by atoms with E-state index in [4.69, 9.17) is 4.42 Å². The molecule has 3 rings (SSSR count). The quantitative estimate of drug-likeness (QED) is 0.315. The third kappa shape index (κ3) is 4.16. The van der Waals surface area contributed by atoms with Gasteiger partial charge in [-0.15, -0.1) is 0 Å². The zero-order chi connectivity index (χ0) is 21.1. The normalized spacial score (nSPS) is 12.3.